The lowest BCUT2D eigenvalue weighted by molar-refractivity contribution is 0.325. The summed E-state index contributed by atoms with van der Waals surface area (Å²) in [4.78, 5) is 4.24. The van der Waals surface area contributed by atoms with Gasteiger partial charge in [0, 0.05) is 13.0 Å². The second-order valence-electron chi connectivity index (χ2n) is 5.96. The number of ether oxygens (including phenoxy) is 1. The average molecular weight is 353 g/mol. The first kappa shape index (κ1) is 18.4. The van der Waals surface area contributed by atoms with Crippen molar-refractivity contribution in [1.29, 1.82) is 0 Å². The molecule has 0 aliphatic rings. The van der Waals surface area contributed by atoms with Crippen LogP contribution in [0.2, 0.25) is 0 Å². The number of aromatic nitrogens is 2. The summed E-state index contributed by atoms with van der Waals surface area (Å²) in [5, 5.41) is 3.80. The van der Waals surface area contributed by atoms with Crippen LogP contribution in [0.4, 0.5) is 0 Å². The molecule has 0 amide bonds. The van der Waals surface area contributed by atoms with Crippen molar-refractivity contribution in [1.82, 2.24) is 14.4 Å². The molecule has 8 heteroatoms. The fraction of sp³-hybridized carbons (Fsp3) is 0.500. The van der Waals surface area contributed by atoms with Crippen LogP contribution in [-0.4, -0.2) is 36.0 Å². The van der Waals surface area contributed by atoms with Gasteiger partial charge in [-0.1, -0.05) is 5.16 Å². The Kier molecular flexibility index (Phi) is 5.29. The summed E-state index contributed by atoms with van der Waals surface area (Å²) in [5.74, 6) is 1.05. The van der Waals surface area contributed by atoms with Crippen LogP contribution in [-0.2, 0) is 16.6 Å². The normalized spacial score (nSPS) is 12.2. The molecule has 0 fully saturated rings. The van der Waals surface area contributed by atoms with E-state index >= 15 is 0 Å². The molecular formula is C16H23N3O4S. The number of sulfonamides is 1. The number of hydrogen-bond acceptors (Lipinski definition) is 6. The fourth-order valence-electron chi connectivity index (χ4n) is 2.34. The number of nitrogens with zero attached hydrogens (tertiary/aromatic N) is 3. The number of benzene rings is 1. The third kappa shape index (κ3) is 3.59. The van der Waals surface area contributed by atoms with E-state index < -0.39 is 10.0 Å². The second-order valence-corrected chi connectivity index (χ2v) is 7.82. The van der Waals surface area contributed by atoms with Gasteiger partial charge >= 0.3 is 0 Å². The van der Waals surface area contributed by atoms with Crippen molar-refractivity contribution in [2.45, 2.75) is 52.1 Å². The van der Waals surface area contributed by atoms with Crippen molar-refractivity contribution in [3.05, 3.63) is 35.0 Å². The summed E-state index contributed by atoms with van der Waals surface area (Å²) < 4.78 is 37.9. The highest BCUT2D eigenvalue weighted by Gasteiger charge is 2.31. The third-order valence-electron chi connectivity index (χ3n) is 3.81. The van der Waals surface area contributed by atoms with E-state index in [1.165, 1.54) is 11.4 Å². The molecule has 2 aromatic rings. The first-order valence-corrected chi connectivity index (χ1v) is 9.07. The largest absolute Gasteiger partial charge is 0.495 e. The molecule has 0 atom stereocenters. The van der Waals surface area contributed by atoms with Crippen LogP contribution < -0.4 is 4.74 Å². The Morgan fingerprint density at radius 3 is 2.33 bits per heavy atom. The van der Waals surface area contributed by atoms with Crippen molar-refractivity contribution in [3.8, 4) is 5.75 Å². The Balaban J connectivity index is 2.51. The molecule has 132 valence electrons. The van der Waals surface area contributed by atoms with Gasteiger partial charge in [0.1, 0.15) is 10.6 Å². The number of methoxy groups -OCH3 is 1. The zero-order valence-corrected chi connectivity index (χ0v) is 15.6. The molecule has 7 nitrogen and oxygen atoms in total. The quantitative estimate of drug-likeness (QED) is 0.793. The lowest BCUT2D eigenvalue weighted by atomic mass is 10.1. The third-order valence-corrected chi connectivity index (χ3v) is 5.85. The predicted octanol–water partition coefficient (Wildman–Crippen LogP) is 2.60. The van der Waals surface area contributed by atoms with E-state index in [9.17, 15) is 8.42 Å². The lowest BCUT2D eigenvalue weighted by Gasteiger charge is -2.25. The molecule has 0 spiro atoms. The van der Waals surface area contributed by atoms with E-state index in [1.54, 1.807) is 32.9 Å². The number of hydrogen-bond donors (Lipinski definition) is 0. The maximum absolute atomic E-state index is 13.2. The number of rotatable bonds is 6. The van der Waals surface area contributed by atoms with E-state index in [2.05, 4.69) is 10.1 Å². The predicted molar refractivity (Wildman–Crippen MR) is 89.4 cm³/mol. The Hall–Kier alpha value is -1.93. The van der Waals surface area contributed by atoms with Crippen LogP contribution in [0.1, 0.15) is 36.7 Å². The second kappa shape index (κ2) is 6.90. The topological polar surface area (TPSA) is 85.5 Å². The number of aryl methyl sites for hydroxylation is 3. The standard InChI is InChI=1S/C16H23N3O4S/c1-10(2)19(9-16-17-13(5)23-18-16)24(20,21)15-8-12(4)11(3)7-14(15)22-6/h7-8,10H,9H2,1-6H3. The van der Waals surface area contributed by atoms with Crippen LogP contribution in [0.15, 0.2) is 21.6 Å². The van der Waals surface area contributed by atoms with Crippen molar-refractivity contribution < 1.29 is 17.7 Å². The monoisotopic (exact) mass is 353 g/mol. The van der Waals surface area contributed by atoms with Gasteiger partial charge in [-0.25, -0.2) is 8.42 Å². The van der Waals surface area contributed by atoms with Gasteiger partial charge in [-0.3, -0.25) is 0 Å². The van der Waals surface area contributed by atoms with Gasteiger partial charge in [-0.05, 0) is 51.0 Å². The zero-order valence-electron chi connectivity index (χ0n) is 14.8. The van der Waals surface area contributed by atoms with E-state index in [0.717, 1.165) is 11.1 Å². The molecule has 0 saturated carbocycles. The summed E-state index contributed by atoms with van der Waals surface area (Å²) in [6.07, 6.45) is 0. The van der Waals surface area contributed by atoms with Crippen LogP contribution in [0, 0.1) is 20.8 Å². The summed E-state index contributed by atoms with van der Waals surface area (Å²) in [6, 6.07) is 3.10. The first-order valence-electron chi connectivity index (χ1n) is 7.63. The maximum Gasteiger partial charge on any atom is 0.247 e. The molecule has 0 aliphatic heterocycles. The van der Waals surface area contributed by atoms with Crippen LogP contribution in [0.5, 0.6) is 5.75 Å². The molecule has 0 bridgehead atoms. The van der Waals surface area contributed by atoms with Gasteiger partial charge in [-0.15, -0.1) is 0 Å². The van der Waals surface area contributed by atoms with Crippen molar-refractivity contribution >= 4 is 10.0 Å². The highest BCUT2D eigenvalue weighted by molar-refractivity contribution is 7.89. The molecule has 24 heavy (non-hydrogen) atoms. The molecule has 0 radical (unpaired) electrons. The van der Waals surface area contributed by atoms with Crippen LogP contribution >= 0.6 is 0 Å². The van der Waals surface area contributed by atoms with E-state index in [1.807, 2.05) is 13.8 Å². The van der Waals surface area contributed by atoms with Crippen LogP contribution in [0.3, 0.4) is 0 Å². The molecule has 2 rings (SSSR count). The lowest BCUT2D eigenvalue weighted by Crippen LogP contribution is -2.37. The maximum atomic E-state index is 13.2. The molecule has 0 aliphatic carbocycles. The molecule has 0 saturated heterocycles. The summed E-state index contributed by atoms with van der Waals surface area (Å²) in [6.45, 7) is 9.09. The molecule has 1 aromatic carbocycles. The van der Waals surface area contributed by atoms with E-state index in [4.69, 9.17) is 9.26 Å². The van der Waals surface area contributed by atoms with Gasteiger partial charge in [0.2, 0.25) is 15.9 Å². The minimum atomic E-state index is -3.78. The minimum absolute atomic E-state index is 0.0351. The Bertz CT molecular complexity index is 828. The molecule has 1 heterocycles. The van der Waals surface area contributed by atoms with Gasteiger partial charge in [0.25, 0.3) is 0 Å². The van der Waals surface area contributed by atoms with Gasteiger partial charge in [-0.2, -0.15) is 9.29 Å². The SMILES string of the molecule is COc1cc(C)c(C)cc1S(=O)(=O)N(Cc1noc(C)n1)C(C)C. The molecule has 0 N–H and O–H groups in total. The Morgan fingerprint density at radius 2 is 1.83 bits per heavy atom. The van der Waals surface area contributed by atoms with E-state index in [0.29, 0.717) is 17.5 Å². The molecule has 0 unspecified atom stereocenters. The fourth-order valence-corrected chi connectivity index (χ4v) is 4.16. The Morgan fingerprint density at radius 1 is 1.21 bits per heavy atom. The highest BCUT2D eigenvalue weighted by atomic mass is 32.2. The van der Waals surface area contributed by atoms with Crippen molar-refractivity contribution in [3.63, 3.8) is 0 Å². The smallest absolute Gasteiger partial charge is 0.247 e. The van der Waals surface area contributed by atoms with Crippen molar-refractivity contribution in [2.75, 3.05) is 7.11 Å². The first-order chi connectivity index (χ1) is 11.2. The van der Waals surface area contributed by atoms with Gasteiger partial charge < -0.3 is 9.26 Å². The minimum Gasteiger partial charge on any atom is -0.495 e. The average Bonchev–Trinajstić information content (AvgIpc) is 2.91. The molecule has 1 aromatic heterocycles. The molecular weight excluding hydrogens is 330 g/mol. The highest BCUT2D eigenvalue weighted by Crippen LogP contribution is 2.31. The Labute approximate surface area is 142 Å². The van der Waals surface area contributed by atoms with Crippen LogP contribution in [0.25, 0.3) is 0 Å². The summed E-state index contributed by atoms with van der Waals surface area (Å²) >= 11 is 0. The van der Waals surface area contributed by atoms with Gasteiger partial charge in [0.05, 0.1) is 13.7 Å². The van der Waals surface area contributed by atoms with Crippen molar-refractivity contribution in [2.24, 2.45) is 0 Å². The van der Waals surface area contributed by atoms with E-state index in [-0.39, 0.29) is 17.5 Å². The summed E-state index contributed by atoms with van der Waals surface area (Å²) in [5.41, 5.74) is 1.85. The zero-order chi connectivity index (χ0) is 18.1. The van der Waals surface area contributed by atoms with Gasteiger partial charge in [0.15, 0.2) is 5.82 Å². The summed E-state index contributed by atoms with van der Waals surface area (Å²) in [7, 11) is -2.32.